The maximum Gasteiger partial charge on any atom is 0.271 e. The molecular formula is C13H21N5O. The van der Waals surface area contributed by atoms with E-state index in [0.717, 1.165) is 12.8 Å². The van der Waals surface area contributed by atoms with Gasteiger partial charge < -0.3 is 15.5 Å². The Morgan fingerprint density at radius 1 is 1.42 bits per heavy atom. The van der Waals surface area contributed by atoms with Gasteiger partial charge in [0.2, 0.25) is 0 Å². The first-order valence-electron chi connectivity index (χ1n) is 6.53. The maximum atomic E-state index is 12.1. The molecule has 1 aromatic rings. The third-order valence-corrected chi connectivity index (χ3v) is 3.93. The van der Waals surface area contributed by atoms with E-state index in [1.807, 2.05) is 0 Å². The number of hydrogen-bond acceptors (Lipinski definition) is 5. The zero-order valence-electron chi connectivity index (χ0n) is 11.7. The van der Waals surface area contributed by atoms with E-state index < -0.39 is 0 Å². The number of anilines is 1. The van der Waals surface area contributed by atoms with E-state index in [4.69, 9.17) is 0 Å². The predicted molar refractivity (Wildman–Crippen MR) is 74.2 cm³/mol. The second-order valence-electron chi connectivity index (χ2n) is 5.19. The van der Waals surface area contributed by atoms with Crippen molar-refractivity contribution in [2.45, 2.75) is 24.8 Å². The van der Waals surface area contributed by atoms with Crippen molar-refractivity contribution in [1.29, 1.82) is 0 Å². The highest BCUT2D eigenvalue weighted by molar-refractivity contribution is 5.92. The fraction of sp³-hybridized carbons (Fsp3) is 0.615. The van der Waals surface area contributed by atoms with E-state index in [0.29, 0.717) is 18.1 Å². The van der Waals surface area contributed by atoms with Crippen LogP contribution in [0.15, 0.2) is 12.4 Å². The minimum Gasteiger partial charge on any atom is -0.372 e. The SMILES string of the molecule is CNc1cncc(C(=O)NCC2(N(C)C)CCC2)n1. The lowest BCUT2D eigenvalue weighted by Gasteiger charge is -2.47. The van der Waals surface area contributed by atoms with Crippen molar-refractivity contribution in [1.82, 2.24) is 20.2 Å². The Morgan fingerprint density at radius 2 is 2.16 bits per heavy atom. The van der Waals surface area contributed by atoms with Crippen LogP contribution < -0.4 is 10.6 Å². The average Bonchev–Trinajstić information content (AvgIpc) is 2.37. The summed E-state index contributed by atoms with van der Waals surface area (Å²) < 4.78 is 0. The van der Waals surface area contributed by atoms with E-state index in [1.165, 1.54) is 12.6 Å². The number of nitrogens with zero attached hydrogens (tertiary/aromatic N) is 3. The lowest BCUT2D eigenvalue weighted by atomic mass is 9.75. The van der Waals surface area contributed by atoms with E-state index >= 15 is 0 Å². The lowest BCUT2D eigenvalue weighted by Crippen LogP contribution is -2.57. The highest BCUT2D eigenvalue weighted by Crippen LogP contribution is 2.35. The Hall–Kier alpha value is -1.69. The van der Waals surface area contributed by atoms with Gasteiger partial charge in [-0.2, -0.15) is 0 Å². The highest BCUT2D eigenvalue weighted by Gasteiger charge is 2.39. The van der Waals surface area contributed by atoms with Crippen molar-refractivity contribution >= 4 is 11.7 Å². The second kappa shape index (κ2) is 5.52. The van der Waals surface area contributed by atoms with Crippen LogP contribution >= 0.6 is 0 Å². The van der Waals surface area contributed by atoms with Gasteiger partial charge in [0.05, 0.1) is 12.4 Å². The summed E-state index contributed by atoms with van der Waals surface area (Å²) in [5, 5.41) is 5.84. The summed E-state index contributed by atoms with van der Waals surface area (Å²) in [5.41, 5.74) is 0.462. The lowest BCUT2D eigenvalue weighted by molar-refractivity contribution is 0.0556. The molecule has 0 spiro atoms. The van der Waals surface area contributed by atoms with Gasteiger partial charge in [0.15, 0.2) is 0 Å². The Labute approximate surface area is 113 Å². The number of likely N-dealkylation sites (N-methyl/N-ethyl adjacent to an activating group) is 1. The zero-order chi connectivity index (χ0) is 13.9. The Bertz CT molecular complexity index is 456. The van der Waals surface area contributed by atoms with Crippen molar-refractivity contribution in [3.05, 3.63) is 18.1 Å². The van der Waals surface area contributed by atoms with E-state index in [2.05, 4.69) is 39.6 Å². The third-order valence-electron chi connectivity index (χ3n) is 3.93. The summed E-state index contributed by atoms with van der Waals surface area (Å²) in [7, 11) is 5.88. The molecule has 6 heteroatoms. The molecule has 1 aliphatic carbocycles. The predicted octanol–water partition coefficient (Wildman–Crippen LogP) is 0.732. The van der Waals surface area contributed by atoms with Crippen LogP contribution in [0.3, 0.4) is 0 Å². The molecule has 1 fully saturated rings. The summed E-state index contributed by atoms with van der Waals surface area (Å²) in [5.74, 6) is 0.427. The van der Waals surface area contributed by atoms with Crippen LogP contribution in [0.25, 0.3) is 0 Å². The quantitative estimate of drug-likeness (QED) is 0.819. The smallest absolute Gasteiger partial charge is 0.271 e. The van der Waals surface area contributed by atoms with E-state index in [1.54, 1.807) is 13.2 Å². The molecule has 0 aromatic carbocycles. The van der Waals surface area contributed by atoms with Crippen molar-refractivity contribution in [3.63, 3.8) is 0 Å². The summed E-state index contributed by atoms with van der Waals surface area (Å²) >= 11 is 0. The van der Waals surface area contributed by atoms with Gasteiger partial charge in [0.25, 0.3) is 5.91 Å². The van der Waals surface area contributed by atoms with E-state index in [-0.39, 0.29) is 11.4 Å². The largest absolute Gasteiger partial charge is 0.372 e. The number of hydrogen-bond donors (Lipinski definition) is 2. The van der Waals surface area contributed by atoms with E-state index in [9.17, 15) is 4.79 Å². The normalized spacial score (nSPS) is 16.8. The van der Waals surface area contributed by atoms with Gasteiger partial charge in [-0.25, -0.2) is 4.98 Å². The van der Waals surface area contributed by atoms with Crippen LogP contribution in [0.4, 0.5) is 5.82 Å². The van der Waals surface area contributed by atoms with Gasteiger partial charge in [0, 0.05) is 19.1 Å². The average molecular weight is 263 g/mol. The van der Waals surface area contributed by atoms with Gasteiger partial charge in [-0.05, 0) is 33.4 Å². The fourth-order valence-electron chi connectivity index (χ4n) is 2.30. The second-order valence-corrected chi connectivity index (χ2v) is 5.19. The monoisotopic (exact) mass is 263 g/mol. The van der Waals surface area contributed by atoms with Crippen LogP contribution in [0, 0.1) is 0 Å². The van der Waals surface area contributed by atoms with Crippen LogP contribution in [0.5, 0.6) is 0 Å². The third kappa shape index (κ3) is 2.84. The molecule has 1 aromatic heterocycles. The first-order chi connectivity index (χ1) is 9.07. The summed E-state index contributed by atoms with van der Waals surface area (Å²) in [6, 6.07) is 0. The molecule has 2 N–H and O–H groups in total. The molecule has 0 radical (unpaired) electrons. The number of carbonyl (C=O) groups is 1. The number of aromatic nitrogens is 2. The maximum absolute atomic E-state index is 12.1. The molecule has 0 unspecified atom stereocenters. The van der Waals surface area contributed by atoms with Crippen molar-refractivity contribution in [2.24, 2.45) is 0 Å². The number of nitrogens with one attached hydrogen (secondary N) is 2. The minimum absolute atomic E-state index is 0.115. The first kappa shape index (κ1) is 13.7. The van der Waals surface area contributed by atoms with Crippen LogP contribution in [-0.2, 0) is 0 Å². The number of amides is 1. The molecule has 6 nitrogen and oxygen atoms in total. The van der Waals surface area contributed by atoms with Gasteiger partial charge in [0.1, 0.15) is 11.5 Å². The minimum atomic E-state index is -0.169. The number of rotatable bonds is 5. The molecule has 1 aliphatic rings. The van der Waals surface area contributed by atoms with Crippen molar-refractivity contribution < 1.29 is 4.79 Å². The van der Waals surface area contributed by atoms with Crippen molar-refractivity contribution in [3.8, 4) is 0 Å². The molecule has 1 amide bonds. The standard InChI is InChI=1S/C13H21N5O/c1-14-11-8-15-7-10(17-11)12(19)16-9-13(18(2)3)5-4-6-13/h7-8H,4-6,9H2,1-3H3,(H,14,17)(H,16,19). The Morgan fingerprint density at radius 3 is 2.68 bits per heavy atom. The topological polar surface area (TPSA) is 70.2 Å². The molecule has 2 rings (SSSR count). The molecule has 0 aliphatic heterocycles. The molecule has 1 saturated carbocycles. The summed E-state index contributed by atoms with van der Waals surface area (Å²) in [6.07, 6.45) is 6.55. The van der Waals surface area contributed by atoms with Crippen LogP contribution in [0.2, 0.25) is 0 Å². The van der Waals surface area contributed by atoms with Crippen molar-refractivity contribution in [2.75, 3.05) is 33.0 Å². The molecule has 0 bridgehead atoms. The fourth-order valence-corrected chi connectivity index (χ4v) is 2.30. The molecule has 0 saturated heterocycles. The van der Waals surface area contributed by atoms with Crippen LogP contribution in [-0.4, -0.2) is 54.0 Å². The Balaban J connectivity index is 1.97. The van der Waals surface area contributed by atoms with Gasteiger partial charge in [-0.3, -0.25) is 9.78 Å². The highest BCUT2D eigenvalue weighted by atomic mass is 16.1. The van der Waals surface area contributed by atoms with Gasteiger partial charge in [-0.15, -0.1) is 0 Å². The van der Waals surface area contributed by atoms with Crippen LogP contribution in [0.1, 0.15) is 29.8 Å². The number of carbonyl (C=O) groups excluding carboxylic acids is 1. The Kier molecular flexibility index (Phi) is 3.99. The molecular weight excluding hydrogens is 242 g/mol. The summed E-state index contributed by atoms with van der Waals surface area (Å²) in [6.45, 7) is 0.657. The first-order valence-corrected chi connectivity index (χ1v) is 6.53. The molecule has 0 atom stereocenters. The van der Waals surface area contributed by atoms with Gasteiger partial charge >= 0.3 is 0 Å². The molecule has 1 heterocycles. The molecule has 19 heavy (non-hydrogen) atoms. The molecule has 104 valence electrons. The summed E-state index contributed by atoms with van der Waals surface area (Å²) in [4.78, 5) is 22.4. The zero-order valence-corrected chi connectivity index (χ0v) is 11.7. The van der Waals surface area contributed by atoms with Gasteiger partial charge in [-0.1, -0.05) is 0 Å².